The van der Waals surface area contributed by atoms with E-state index in [1.807, 2.05) is 4.90 Å². The molecule has 2 amide bonds. The number of halogens is 1. The van der Waals surface area contributed by atoms with E-state index < -0.39 is 11.5 Å². The molecule has 2 aromatic heterocycles. The van der Waals surface area contributed by atoms with Crippen LogP contribution in [0.25, 0.3) is 0 Å². The van der Waals surface area contributed by atoms with Crippen LogP contribution in [0.4, 0.5) is 15.2 Å². The van der Waals surface area contributed by atoms with Gasteiger partial charge in [0, 0.05) is 37.8 Å². The van der Waals surface area contributed by atoms with Gasteiger partial charge in [0.1, 0.15) is 11.4 Å². The van der Waals surface area contributed by atoms with Gasteiger partial charge in [0.15, 0.2) is 5.13 Å². The zero-order valence-electron chi connectivity index (χ0n) is 16.5. The van der Waals surface area contributed by atoms with Crippen LogP contribution in [0.2, 0.25) is 0 Å². The van der Waals surface area contributed by atoms with Crippen molar-refractivity contribution in [2.24, 2.45) is 0 Å². The number of para-hydroxylation sites is 1. The molecule has 0 spiro atoms. The maximum atomic E-state index is 14.0. The maximum Gasteiger partial charge on any atom is 0.263 e. The monoisotopic (exact) mass is 441 g/mol. The molecule has 160 valence electrons. The standard InChI is InChI=1S/C21H20FN5O3S/c22-16-5-1-2-6-17(16)26-8-10-27(11-9-26)18(28)12-14-13-31-21(24-14)25-20(30)15-4-3-7-23-19(15)29/h1-7,13H,8-12H2,(H,23,29)(H,24,25,30). The van der Waals surface area contributed by atoms with E-state index >= 15 is 0 Å². The van der Waals surface area contributed by atoms with Crippen molar-refractivity contribution in [1.29, 1.82) is 0 Å². The van der Waals surface area contributed by atoms with Crippen molar-refractivity contribution >= 4 is 34.0 Å². The van der Waals surface area contributed by atoms with Gasteiger partial charge in [-0.05, 0) is 24.3 Å². The summed E-state index contributed by atoms with van der Waals surface area (Å²) in [5.41, 5.74) is 0.597. The molecule has 31 heavy (non-hydrogen) atoms. The number of carbonyl (C=O) groups excluding carboxylic acids is 2. The Labute approximate surface area is 181 Å². The second-order valence-corrected chi connectivity index (χ2v) is 7.87. The fourth-order valence-electron chi connectivity index (χ4n) is 3.38. The number of nitrogens with zero attached hydrogens (tertiary/aromatic N) is 3. The number of pyridine rings is 1. The molecule has 0 bridgehead atoms. The molecule has 10 heteroatoms. The molecule has 0 unspecified atom stereocenters. The zero-order valence-corrected chi connectivity index (χ0v) is 17.3. The lowest BCUT2D eigenvalue weighted by Crippen LogP contribution is -2.49. The lowest BCUT2D eigenvalue weighted by Gasteiger charge is -2.36. The lowest BCUT2D eigenvalue weighted by atomic mass is 10.2. The lowest BCUT2D eigenvalue weighted by molar-refractivity contribution is -0.130. The summed E-state index contributed by atoms with van der Waals surface area (Å²) in [4.78, 5) is 46.9. The van der Waals surface area contributed by atoms with Crippen LogP contribution in [-0.4, -0.2) is 52.9 Å². The second kappa shape index (κ2) is 9.09. The Morgan fingerprint density at radius 3 is 2.65 bits per heavy atom. The number of benzene rings is 1. The van der Waals surface area contributed by atoms with Crippen LogP contribution >= 0.6 is 11.3 Å². The summed E-state index contributed by atoms with van der Waals surface area (Å²) in [6, 6.07) is 9.60. The highest BCUT2D eigenvalue weighted by Crippen LogP contribution is 2.21. The Bertz CT molecular complexity index is 1150. The van der Waals surface area contributed by atoms with E-state index in [9.17, 15) is 18.8 Å². The first-order valence-electron chi connectivity index (χ1n) is 9.72. The number of rotatable bonds is 5. The Hall–Kier alpha value is -3.53. The van der Waals surface area contributed by atoms with E-state index in [-0.39, 0.29) is 23.7 Å². The number of amides is 2. The Morgan fingerprint density at radius 2 is 1.90 bits per heavy atom. The third-order valence-electron chi connectivity index (χ3n) is 4.99. The number of aromatic nitrogens is 2. The maximum absolute atomic E-state index is 14.0. The quantitative estimate of drug-likeness (QED) is 0.632. The molecule has 3 heterocycles. The molecule has 2 N–H and O–H groups in total. The predicted octanol–water partition coefficient (Wildman–Crippen LogP) is 2.11. The smallest absolute Gasteiger partial charge is 0.263 e. The topological polar surface area (TPSA) is 98.4 Å². The van der Waals surface area contributed by atoms with E-state index in [4.69, 9.17) is 0 Å². The highest BCUT2D eigenvalue weighted by Gasteiger charge is 2.23. The van der Waals surface area contributed by atoms with Crippen LogP contribution in [0.1, 0.15) is 16.1 Å². The van der Waals surface area contributed by atoms with E-state index in [0.717, 1.165) is 0 Å². The fraction of sp³-hybridized carbons (Fsp3) is 0.238. The third-order valence-corrected chi connectivity index (χ3v) is 5.80. The Morgan fingerprint density at radius 1 is 1.13 bits per heavy atom. The van der Waals surface area contributed by atoms with E-state index in [2.05, 4.69) is 15.3 Å². The highest BCUT2D eigenvalue weighted by atomic mass is 32.1. The molecule has 8 nitrogen and oxygen atoms in total. The van der Waals surface area contributed by atoms with Gasteiger partial charge in [-0.25, -0.2) is 9.37 Å². The summed E-state index contributed by atoms with van der Waals surface area (Å²) >= 11 is 1.19. The van der Waals surface area contributed by atoms with Crippen molar-refractivity contribution < 1.29 is 14.0 Å². The van der Waals surface area contributed by atoms with Crippen LogP contribution in [0.5, 0.6) is 0 Å². The van der Waals surface area contributed by atoms with Crippen LogP contribution in [-0.2, 0) is 11.2 Å². The van der Waals surface area contributed by atoms with Crippen molar-refractivity contribution in [2.45, 2.75) is 6.42 Å². The zero-order chi connectivity index (χ0) is 21.8. The molecular formula is C21H20FN5O3S. The van der Waals surface area contributed by atoms with Crippen LogP contribution in [0.15, 0.2) is 52.8 Å². The predicted molar refractivity (Wildman–Crippen MR) is 116 cm³/mol. The van der Waals surface area contributed by atoms with Gasteiger partial charge in [0.2, 0.25) is 5.91 Å². The first kappa shape index (κ1) is 20.7. The first-order valence-corrected chi connectivity index (χ1v) is 10.6. The number of piperazine rings is 1. The van der Waals surface area contributed by atoms with E-state index in [1.54, 1.807) is 34.5 Å². The molecule has 1 aliphatic rings. The SMILES string of the molecule is O=C(Nc1nc(CC(=O)N2CCN(c3ccccc3F)CC2)cs1)c1ccc[nH]c1=O. The summed E-state index contributed by atoms with van der Waals surface area (Å²) in [5, 5.41) is 4.61. The largest absolute Gasteiger partial charge is 0.366 e. The number of anilines is 2. The summed E-state index contributed by atoms with van der Waals surface area (Å²) in [6.45, 7) is 2.10. The number of hydrogen-bond acceptors (Lipinski definition) is 6. The summed E-state index contributed by atoms with van der Waals surface area (Å²) < 4.78 is 14.0. The van der Waals surface area contributed by atoms with Crippen molar-refractivity contribution in [3.8, 4) is 0 Å². The minimum absolute atomic E-state index is 0.0111. The molecule has 1 saturated heterocycles. The van der Waals surface area contributed by atoms with Crippen LogP contribution in [0.3, 0.4) is 0 Å². The molecule has 1 aliphatic heterocycles. The van der Waals surface area contributed by atoms with Crippen LogP contribution in [0, 0.1) is 5.82 Å². The number of aromatic amines is 1. The first-order chi connectivity index (χ1) is 15.0. The van der Waals surface area contributed by atoms with Gasteiger partial charge >= 0.3 is 0 Å². The highest BCUT2D eigenvalue weighted by molar-refractivity contribution is 7.14. The summed E-state index contributed by atoms with van der Waals surface area (Å²) in [5.74, 6) is -0.897. The number of thiazole rings is 1. The van der Waals surface area contributed by atoms with Crippen molar-refractivity contribution in [1.82, 2.24) is 14.9 Å². The minimum Gasteiger partial charge on any atom is -0.366 e. The molecule has 1 aromatic carbocycles. The Balaban J connectivity index is 1.31. The summed E-state index contributed by atoms with van der Waals surface area (Å²) in [6.07, 6.45) is 1.56. The van der Waals surface area contributed by atoms with E-state index in [0.29, 0.717) is 42.7 Å². The molecular weight excluding hydrogens is 421 g/mol. The third kappa shape index (κ3) is 4.80. The van der Waals surface area contributed by atoms with Crippen molar-refractivity contribution in [3.63, 3.8) is 0 Å². The van der Waals surface area contributed by atoms with Gasteiger partial charge in [0.05, 0.1) is 17.8 Å². The van der Waals surface area contributed by atoms with Gasteiger partial charge in [-0.15, -0.1) is 11.3 Å². The molecule has 0 aliphatic carbocycles. The Kier molecular flexibility index (Phi) is 6.08. The van der Waals surface area contributed by atoms with Gasteiger partial charge in [-0.2, -0.15) is 0 Å². The average molecular weight is 441 g/mol. The molecule has 4 rings (SSSR count). The number of hydrogen-bond donors (Lipinski definition) is 2. The molecule has 3 aromatic rings. The minimum atomic E-state index is -0.557. The van der Waals surface area contributed by atoms with Gasteiger partial charge < -0.3 is 14.8 Å². The fourth-order valence-corrected chi connectivity index (χ4v) is 4.09. The average Bonchev–Trinajstić information content (AvgIpc) is 3.21. The van der Waals surface area contributed by atoms with Gasteiger partial charge in [-0.1, -0.05) is 12.1 Å². The van der Waals surface area contributed by atoms with Crippen LogP contribution < -0.4 is 15.8 Å². The van der Waals surface area contributed by atoms with Gasteiger partial charge in [0.25, 0.3) is 11.5 Å². The summed E-state index contributed by atoms with van der Waals surface area (Å²) in [7, 11) is 0. The molecule has 0 atom stereocenters. The molecule has 0 radical (unpaired) electrons. The normalized spacial score (nSPS) is 13.8. The number of carbonyl (C=O) groups is 2. The number of H-pyrrole nitrogens is 1. The number of nitrogens with one attached hydrogen (secondary N) is 2. The van der Waals surface area contributed by atoms with Crippen molar-refractivity contribution in [2.75, 3.05) is 36.4 Å². The molecule has 0 saturated carbocycles. The second-order valence-electron chi connectivity index (χ2n) is 7.01. The van der Waals surface area contributed by atoms with E-state index in [1.165, 1.54) is 29.7 Å². The molecule has 1 fully saturated rings. The van der Waals surface area contributed by atoms with Gasteiger partial charge in [-0.3, -0.25) is 19.7 Å². The van der Waals surface area contributed by atoms with Crippen molar-refractivity contribution in [3.05, 3.63) is 75.4 Å².